The molecule has 0 aromatic carbocycles. The molecule has 2 rings (SSSR count). The number of hydrogen-bond donors (Lipinski definition) is 1. The summed E-state index contributed by atoms with van der Waals surface area (Å²) in [5.41, 5.74) is -0.419. The number of carbonyl (C=O) groups is 1. The molecule has 0 radical (unpaired) electrons. The lowest BCUT2D eigenvalue weighted by Gasteiger charge is -2.35. The summed E-state index contributed by atoms with van der Waals surface area (Å²) in [5.74, 6) is -0.0888. The van der Waals surface area contributed by atoms with Gasteiger partial charge in [-0.3, -0.25) is 4.79 Å². The molecule has 2 heterocycles. The third kappa shape index (κ3) is 3.02. The van der Waals surface area contributed by atoms with Crippen LogP contribution < -0.4 is 5.32 Å². The first-order chi connectivity index (χ1) is 8.66. The normalized spacial score (nSPS) is 30.6. The van der Waals surface area contributed by atoms with Gasteiger partial charge in [0.1, 0.15) is 5.54 Å². The van der Waals surface area contributed by atoms with Gasteiger partial charge in [0.15, 0.2) is 0 Å². The first kappa shape index (κ1) is 13.8. The number of piperazine rings is 1. The van der Waals surface area contributed by atoms with E-state index in [2.05, 4.69) is 22.2 Å². The van der Waals surface area contributed by atoms with E-state index in [4.69, 9.17) is 4.74 Å². The van der Waals surface area contributed by atoms with Crippen LogP contribution in [0.3, 0.4) is 0 Å². The molecular weight excluding hydrogens is 230 g/mol. The van der Waals surface area contributed by atoms with Crippen LogP contribution in [0.4, 0.5) is 0 Å². The van der Waals surface area contributed by atoms with E-state index in [1.54, 1.807) is 0 Å². The summed E-state index contributed by atoms with van der Waals surface area (Å²) in [6.45, 7) is 6.37. The number of hydrogen-bond acceptors (Lipinski definition) is 5. The molecule has 0 spiro atoms. The second kappa shape index (κ2) is 5.99. The molecule has 5 heteroatoms. The lowest BCUT2D eigenvalue weighted by atomic mass is 9.93. The average Bonchev–Trinajstić information content (AvgIpc) is 2.87. The number of esters is 1. The largest absolute Gasteiger partial charge is 0.468 e. The molecule has 0 amide bonds. The van der Waals surface area contributed by atoms with E-state index < -0.39 is 5.54 Å². The van der Waals surface area contributed by atoms with Crippen molar-refractivity contribution >= 4 is 5.97 Å². The zero-order chi connectivity index (χ0) is 13.0. The summed E-state index contributed by atoms with van der Waals surface area (Å²) in [6.07, 6.45) is 2.84. The fourth-order valence-electron chi connectivity index (χ4n) is 2.91. The van der Waals surface area contributed by atoms with Gasteiger partial charge in [-0.05, 0) is 32.9 Å². The monoisotopic (exact) mass is 255 g/mol. The predicted octanol–water partition coefficient (Wildman–Crippen LogP) is -0.0809. The zero-order valence-corrected chi connectivity index (χ0v) is 11.6. The summed E-state index contributed by atoms with van der Waals surface area (Å²) >= 11 is 0. The summed E-state index contributed by atoms with van der Waals surface area (Å²) in [6, 6.07) is 0. The zero-order valence-electron chi connectivity index (χ0n) is 11.6. The highest BCUT2D eigenvalue weighted by molar-refractivity contribution is 5.81. The van der Waals surface area contributed by atoms with Crippen LogP contribution in [0.25, 0.3) is 0 Å². The highest BCUT2D eigenvalue weighted by Gasteiger charge is 2.41. The fraction of sp³-hybridized carbons (Fsp3) is 0.923. The molecule has 2 saturated heterocycles. The van der Waals surface area contributed by atoms with Crippen molar-refractivity contribution in [3.63, 3.8) is 0 Å². The lowest BCUT2D eigenvalue weighted by molar-refractivity contribution is -0.148. The Morgan fingerprint density at radius 1 is 1.33 bits per heavy atom. The molecule has 1 N–H and O–H groups in total. The highest BCUT2D eigenvalue weighted by Crippen LogP contribution is 2.25. The van der Waals surface area contributed by atoms with Crippen LogP contribution in [0.5, 0.6) is 0 Å². The van der Waals surface area contributed by atoms with Crippen LogP contribution in [-0.4, -0.2) is 74.7 Å². The lowest BCUT2D eigenvalue weighted by Crippen LogP contribution is -2.52. The van der Waals surface area contributed by atoms with Gasteiger partial charge in [0.25, 0.3) is 0 Å². The van der Waals surface area contributed by atoms with Gasteiger partial charge in [-0.1, -0.05) is 0 Å². The maximum Gasteiger partial charge on any atom is 0.326 e. The van der Waals surface area contributed by atoms with Crippen molar-refractivity contribution in [3.05, 3.63) is 0 Å². The minimum absolute atomic E-state index is 0.0888. The SMILES string of the molecule is COC(=O)C1(CCN2CCN(C)CC2)CCCN1. The van der Waals surface area contributed by atoms with Gasteiger partial charge >= 0.3 is 5.97 Å². The minimum atomic E-state index is -0.419. The highest BCUT2D eigenvalue weighted by atomic mass is 16.5. The number of nitrogens with one attached hydrogen (secondary N) is 1. The quantitative estimate of drug-likeness (QED) is 0.712. The fourth-order valence-corrected chi connectivity index (χ4v) is 2.91. The van der Waals surface area contributed by atoms with E-state index in [0.717, 1.165) is 58.5 Å². The predicted molar refractivity (Wildman–Crippen MR) is 70.5 cm³/mol. The second-order valence-corrected chi connectivity index (χ2v) is 5.50. The van der Waals surface area contributed by atoms with Crippen LogP contribution in [0.2, 0.25) is 0 Å². The summed E-state index contributed by atoms with van der Waals surface area (Å²) in [5, 5.41) is 3.36. The number of methoxy groups -OCH3 is 1. The van der Waals surface area contributed by atoms with Gasteiger partial charge in [-0.15, -0.1) is 0 Å². The van der Waals surface area contributed by atoms with Gasteiger partial charge < -0.3 is 19.9 Å². The van der Waals surface area contributed by atoms with Crippen molar-refractivity contribution in [2.45, 2.75) is 24.8 Å². The molecule has 5 nitrogen and oxygen atoms in total. The Balaban J connectivity index is 1.84. The first-order valence-corrected chi connectivity index (χ1v) is 6.91. The van der Waals surface area contributed by atoms with Gasteiger partial charge in [0.2, 0.25) is 0 Å². The Kier molecular flexibility index (Phi) is 4.59. The van der Waals surface area contributed by atoms with E-state index in [0.29, 0.717) is 0 Å². The second-order valence-electron chi connectivity index (χ2n) is 5.50. The molecule has 0 aromatic rings. The number of rotatable bonds is 4. The maximum absolute atomic E-state index is 11.9. The number of ether oxygens (including phenoxy) is 1. The molecule has 0 aromatic heterocycles. The molecule has 2 aliphatic rings. The molecule has 2 fully saturated rings. The van der Waals surface area contributed by atoms with Crippen LogP contribution >= 0.6 is 0 Å². The summed E-state index contributed by atoms with van der Waals surface area (Å²) in [4.78, 5) is 16.7. The van der Waals surface area contributed by atoms with Crippen LogP contribution in [0.1, 0.15) is 19.3 Å². The number of carbonyl (C=O) groups excluding carboxylic acids is 1. The Morgan fingerprint density at radius 3 is 2.61 bits per heavy atom. The molecule has 0 aliphatic carbocycles. The Hall–Kier alpha value is -0.650. The van der Waals surface area contributed by atoms with Gasteiger partial charge in [0.05, 0.1) is 7.11 Å². The molecule has 18 heavy (non-hydrogen) atoms. The topological polar surface area (TPSA) is 44.8 Å². The third-order valence-electron chi connectivity index (χ3n) is 4.27. The molecule has 0 saturated carbocycles. The van der Waals surface area contributed by atoms with Gasteiger partial charge in [-0.2, -0.15) is 0 Å². The van der Waals surface area contributed by atoms with E-state index in [1.807, 2.05) is 0 Å². The Morgan fingerprint density at radius 2 is 2.06 bits per heavy atom. The van der Waals surface area contributed by atoms with E-state index in [9.17, 15) is 4.79 Å². The van der Waals surface area contributed by atoms with E-state index in [1.165, 1.54) is 7.11 Å². The van der Waals surface area contributed by atoms with Crippen LogP contribution in [0, 0.1) is 0 Å². The molecule has 2 aliphatic heterocycles. The molecule has 104 valence electrons. The van der Waals surface area contributed by atoms with Gasteiger partial charge in [-0.25, -0.2) is 0 Å². The van der Waals surface area contributed by atoms with Crippen LogP contribution in [0.15, 0.2) is 0 Å². The Bertz CT molecular complexity index is 282. The minimum Gasteiger partial charge on any atom is -0.468 e. The molecule has 0 bridgehead atoms. The summed E-state index contributed by atoms with van der Waals surface area (Å²) in [7, 11) is 3.64. The van der Waals surface area contributed by atoms with Crippen molar-refractivity contribution in [1.29, 1.82) is 0 Å². The smallest absolute Gasteiger partial charge is 0.326 e. The Labute approximate surface area is 109 Å². The number of nitrogens with zero attached hydrogens (tertiary/aromatic N) is 2. The molecule has 1 atom stereocenters. The van der Waals surface area contributed by atoms with Crippen molar-refractivity contribution in [2.75, 3.05) is 53.4 Å². The van der Waals surface area contributed by atoms with Crippen LogP contribution in [-0.2, 0) is 9.53 Å². The van der Waals surface area contributed by atoms with Crippen molar-refractivity contribution in [1.82, 2.24) is 15.1 Å². The van der Waals surface area contributed by atoms with E-state index >= 15 is 0 Å². The maximum atomic E-state index is 11.9. The molecular formula is C13H25N3O2. The third-order valence-corrected chi connectivity index (χ3v) is 4.27. The average molecular weight is 255 g/mol. The standard InChI is InChI=1S/C13H25N3O2/c1-15-8-10-16(11-9-15)7-5-13(12(17)18-2)4-3-6-14-13/h14H,3-11H2,1-2H3. The summed E-state index contributed by atoms with van der Waals surface area (Å²) < 4.78 is 4.97. The van der Waals surface area contributed by atoms with E-state index in [-0.39, 0.29) is 5.97 Å². The molecule has 1 unspecified atom stereocenters. The van der Waals surface area contributed by atoms with Crippen molar-refractivity contribution in [2.24, 2.45) is 0 Å². The van der Waals surface area contributed by atoms with Crippen molar-refractivity contribution < 1.29 is 9.53 Å². The van der Waals surface area contributed by atoms with Crippen molar-refractivity contribution in [3.8, 4) is 0 Å². The van der Waals surface area contributed by atoms with Gasteiger partial charge in [0, 0.05) is 32.7 Å². The first-order valence-electron chi connectivity index (χ1n) is 6.91. The number of likely N-dealkylation sites (N-methyl/N-ethyl adjacent to an activating group) is 1.